The average Bonchev–Trinajstić information content (AvgIpc) is 2.50. The van der Waals surface area contributed by atoms with Gasteiger partial charge in [0.05, 0.1) is 12.6 Å². The molecule has 0 aliphatic carbocycles. The molecule has 0 bridgehead atoms. The number of amides is 1. The second-order valence-electron chi connectivity index (χ2n) is 6.31. The summed E-state index contributed by atoms with van der Waals surface area (Å²) in [5, 5.41) is 0. The van der Waals surface area contributed by atoms with Gasteiger partial charge in [0.2, 0.25) is 5.91 Å². The van der Waals surface area contributed by atoms with Gasteiger partial charge in [0.15, 0.2) is 0 Å². The minimum atomic E-state index is -0.494. The van der Waals surface area contributed by atoms with Gasteiger partial charge >= 0.3 is 0 Å². The van der Waals surface area contributed by atoms with Gasteiger partial charge in [-0.25, -0.2) is 8.78 Å². The highest BCUT2D eigenvalue weighted by Crippen LogP contribution is 2.23. The number of likely N-dealkylation sites (tertiary alicyclic amines) is 1. The monoisotopic (exact) mass is 310 g/mol. The van der Waals surface area contributed by atoms with Crippen LogP contribution in [0.15, 0.2) is 18.2 Å². The second kappa shape index (κ2) is 7.18. The van der Waals surface area contributed by atoms with Gasteiger partial charge in [0.1, 0.15) is 11.6 Å². The van der Waals surface area contributed by atoms with E-state index in [9.17, 15) is 13.6 Å². The van der Waals surface area contributed by atoms with Crippen molar-refractivity contribution in [3.63, 3.8) is 0 Å². The lowest BCUT2D eigenvalue weighted by molar-refractivity contribution is -0.133. The Morgan fingerprint density at radius 2 is 2.00 bits per heavy atom. The minimum Gasteiger partial charge on any atom is -0.338 e. The van der Waals surface area contributed by atoms with Crippen LogP contribution in [0, 0.1) is 17.6 Å². The molecule has 1 fully saturated rings. The van der Waals surface area contributed by atoms with Crippen LogP contribution in [0.3, 0.4) is 0 Å². The van der Waals surface area contributed by atoms with Crippen LogP contribution < -0.4 is 0 Å². The summed E-state index contributed by atoms with van der Waals surface area (Å²) in [6.45, 7) is 6.12. The van der Waals surface area contributed by atoms with Crippen LogP contribution >= 0.6 is 0 Å². The molecule has 1 amide bonds. The highest BCUT2D eigenvalue weighted by atomic mass is 19.1. The van der Waals surface area contributed by atoms with Gasteiger partial charge in [-0.3, -0.25) is 9.69 Å². The highest BCUT2D eigenvalue weighted by molar-refractivity contribution is 5.78. The molecule has 0 aromatic heterocycles. The van der Waals surface area contributed by atoms with Gasteiger partial charge in [-0.15, -0.1) is 0 Å². The fourth-order valence-corrected chi connectivity index (χ4v) is 2.78. The van der Waals surface area contributed by atoms with Gasteiger partial charge in [0.25, 0.3) is 0 Å². The fourth-order valence-electron chi connectivity index (χ4n) is 2.78. The maximum Gasteiger partial charge on any atom is 0.236 e. The second-order valence-corrected chi connectivity index (χ2v) is 6.31. The van der Waals surface area contributed by atoms with E-state index < -0.39 is 17.7 Å². The molecule has 1 heterocycles. The number of rotatable bonds is 4. The zero-order valence-electron chi connectivity index (χ0n) is 13.5. The molecule has 0 saturated carbocycles. The summed E-state index contributed by atoms with van der Waals surface area (Å²) < 4.78 is 27.1. The summed E-state index contributed by atoms with van der Waals surface area (Å²) in [7, 11) is 1.64. The zero-order chi connectivity index (χ0) is 16.3. The van der Waals surface area contributed by atoms with Crippen LogP contribution in [0.1, 0.15) is 38.3 Å². The SMILES string of the molecule is CC1CCN(CC(=O)N(C)C(C)c2cc(F)ccc2F)CC1. The topological polar surface area (TPSA) is 23.6 Å². The number of nitrogens with zero attached hydrogens (tertiary/aromatic N) is 2. The van der Waals surface area contributed by atoms with Crippen LogP contribution in [-0.4, -0.2) is 42.4 Å². The minimum absolute atomic E-state index is 0.0642. The van der Waals surface area contributed by atoms with Crippen molar-refractivity contribution < 1.29 is 13.6 Å². The summed E-state index contributed by atoms with van der Waals surface area (Å²) in [4.78, 5) is 16.0. The molecule has 0 spiro atoms. The van der Waals surface area contributed by atoms with Crippen molar-refractivity contribution in [1.29, 1.82) is 0 Å². The van der Waals surface area contributed by atoms with Crippen molar-refractivity contribution in [3.8, 4) is 0 Å². The number of halogens is 2. The van der Waals surface area contributed by atoms with Crippen molar-refractivity contribution in [2.75, 3.05) is 26.7 Å². The number of piperidine rings is 1. The van der Waals surface area contributed by atoms with Gasteiger partial charge in [0, 0.05) is 12.6 Å². The van der Waals surface area contributed by atoms with Crippen molar-refractivity contribution in [2.45, 2.75) is 32.7 Å². The molecule has 5 heteroatoms. The van der Waals surface area contributed by atoms with Crippen LogP contribution in [0.5, 0.6) is 0 Å². The van der Waals surface area contributed by atoms with E-state index in [0.717, 1.165) is 44.1 Å². The standard InChI is InChI=1S/C17H24F2N2O/c1-12-6-8-21(9-7-12)11-17(22)20(3)13(2)15-10-14(18)4-5-16(15)19/h4-5,10,12-13H,6-9,11H2,1-3H3. The summed E-state index contributed by atoms with van der Waals surface area (Å²) >= 11 is 0. The maximum absolute atomic E-state index is 13.8. The molecular weight excluding hydrogens is 286 g/mol. The summed E-state index contributed by atoms with van der Waals surface area (Å²) in [6.07, 6.45) is 2.20. The third kappa shape index (κ3) is 4.03. The first-order valence-electron chi connectivity index (χ1n) is 7.81. The van der Waals surface area contributed by atoms with E-state index in [1.807, 2.05) is 0 Å². The van der Waals surface area contributed by atoms with E-state index in [1.165, 1.54) is 4.90 Å². The molecule has 1 aliphatic rings. The highest BCUT2D eigenvalue weighted by Gasteiger charge is 2.24. The molecule has 0 radical (unpaired) electrons. The third-order valence-corrected chi connectivity index (χ3v) is 4.62. The Bertz CT molecular complexity index is 527. The normalized spacial score (nSPS) is 18.2. The summed E-state index contributed by atoms with van der Waals surface area (Å²) in [5.74, 6) is -0.329. The first-order chi connectivity index (χ1) is 10.4. The van der Waals surface area contributed by atoms with Crippen LogP contribution in [0.2, 0.25) is 0 Å². The van der Waals surface area contributed by atoms with Crippen molar-refractivity contribution in [3.05, 3.63) is 35.4 Å². The Kier molecular flexibility index (Phi) is 5.51. The lowest BCUT2D eigenvalue weighted by Gasteiger charge is -2.32. The first-order valence-corrected chi connectivity index (χ1v) is 7.81. The maximum atomic E-state index is 13.8. The fraction of sp³-hybridized carbons (Fsp3) is 0.588. The zero-order valence-corrected chi connectivity index (χ0v) is 13.5. The molecule has 1 unspecified atom stereocenters. The number of carbonyl (C=O) groups is 1. The van der Waals surface area contributed by atoms with Crippen molar-refractivity contribution in [2.24, 2.45) is 5.92 Å². The summed E-state index contributed by atoms with van der Waals surface area (Å²) in [5.41, 5.74) is 0.211. The lowest BCUT2D eigenvalue weighted by Crippen LogP contribution is -2.42. The van der Waals surface area contributed by atoms with Crippen LogP contribution in [-0.2, 0) is 4.79 Å². The smallest absolute Gasteiger partial charge is 0.236 e. The molecule has 1 saturated heterocycles. The Labute approximate surface area is 130 Å². The van der Waals surface area contributed by atoms with E-state index in [0.29, 0.717) is 12.5 Å². The quantitative estimate of drug-likeness (QED) is 0.852. The number of benzene rings is 1. The molecule has 3 nitrogen and oxygen atoms in total. The molecule has 122 valence electrons. The van der Waals surface area contributed by atoms with E-state index >= 15 is 0 Å². The Balaban J connectivity index is 1.99. The molecular formula is C17H24F2N2O. The molecule has 22 heavy (non-hydrogen) atoms. The van der Waals surface area contributed by atoms with E-state index in [2.05, 4.69) is 11.8 Å². The van der Waals surface area contributed by atoms with E-state index in [4.69, 9.17) is 0 Å². The number of likely N-dealkylation sites (N-methyl/N-ethyl adjacent to an activating group) is 1. The van der Waals surface area contributed by atoms with Gasteiger partial charge < -0.3 is 4.90 Å². The third-order valence-electron chi connectivity index (χ3n) is 4.62. The van der Waals surface area contributed by atoms with Crippen molar-refractivity contribution in [1.82, 2.24) is 9.80 Å². The van der Waals surface area contributed by atoms with E-state index in [-0.39, 0.29) is 11.5 Å². The molecule has 1 atom stereocenters. The van der Waals surface area contributed by atoms with Gasteiger partial charge in [-0.05, 0) is 57.0 Å². The summed E-state index contributed by atoms with van der Waals surface area (Å²) in [6, 6.07) is 2.85. The van der Waals surface area contributed by atoms with E-state index in [1.54, 1.807) is 14.0 Å². The number of carbonyl (C=O) groups excluding carboxylic acids is 1. The van der Waals surface area contributed by atoms with Gasteiger partial charge in [-0.1, -0.05) is 6.92 Å². The molecule has 1 aliphatic heterocycles. The molecule has 1 aromatic carbocycles. The predicted octanol–water partition coefficient (Wildman–Crippen LogP) is 3.22. The van der Waals surface area contributed by atoms with Crippen LogP contribution in [0.4, 0.5) is 8.78 Å². The Morgan fingerprint density at radius 1 is 1.36 bits per heavy atom. The Morgan fingerprint density at radius 3 is 2.64 bits per heavy atom. The first kappa shape index (κ1) is 16.9. The molecule has 0 N–H and O–H groups in total. The molecule has 2 rings (SSSR count). The van der Waals surface area contributed by atoms with Gasteiger partial charge in [-0.2, -0.15) is 0 Å². The van der Waals surface area contributed by atoms with Crippen molar-refractivity contribution >= 4 is 5.91 Å². The Hall–Kier alpha value is -1.49. The van der Waals surface area contributed by atoms with Crippen LogP contribution in [0.25, 0.3) is 0 Å². The number of hydrogen-bond donors (Lipinski definition) is 0. The number of hydrogen-bond acceptors (Lipinski definition) is 2. The molecule has 1 aromatic rings. The lowest BCUT2D eigenvalue weighted by atomic mass is 9.99. The average molecular weight is 310 g/mol. The largest absolute Gasteiger partial charge is 0.338 e. The predicted molar refractivity (Wildman–Crippen MR) is 82.4 cm³/mol.